The fourth-order valence-corrected chi connectivity index (χ4v) is 1.62. The minimum Gasteiger partial charge on any atom is -0.444 e. The summed E-state index contributed by atoms with van der Waals surface area (Å²) in [7, 11) is 0. The zero-order chi connectivity index (χ0) is 17.0. The van der Waals surface area contributed by atoms with Crippen LogP contribution in [0.1, 0.15) is 20.8 Å². The molecule has 1 aromatic heterocycles. The quantitative estimate of drug-likeness (QED) is 0.898. The van der Waals surface area contributed by atoms with Crippen molar-refractivity contribution in [3.63, 3.8) is 0 Å². The number of carbonyl (C=O) groups excluding carboxylic acids is 1. The Morgan fingerprint density at radius 1 is 1.04 bits per heavy atom. The number of rotatable bonds is 3. The normalized spacial score (nSPS) is 11.0. The molecule has 2 aromatic rings. The van der Waals surface area contributed by atoms with Gasteiger partial charge < -0.3 is 10.1 Å². The molecule has 0 atom stereocenters. The summed E-state index contributed by atoms with van der Waals surface area (Å²) < 4.78 is 32.1. The molecule has 2 N–H and O–H groups in total. The second-order valence-electron chi connectivity index (χ2n) is 5.65. The molecule has 122 valence electrons. The van der Waals surface area contributed by atoms with Crippen LogP contribution in [0.3, 0.4) is 0 Å². The molecule has 2 rings (SSSR count). The SMILES string of the molecule is CC(C)(C)OC(=O)Nc1ccc(Nc2c(F)cccc2F)nn1. The van der Waals surface area contributed by atoms with Gasteiger partial charge in [0, 0.05) is 0 Å². The Morgan fingerprint density at radius 2 is 1.61 bits per heavy atom. The summed E-state index contributed by atoms with van der Waals surface area (Å²) in [6, 6.07) is 6.35. The topological polar surface area (TPSA) is 76.1 Å². The number of carbonyl (C=O) groups is 1. The Kier molecular flexibility index (Phi) is 4.73. The molecule has 6 nitrogen and oxygen atoms in total. The molecule has 23 heavy (non-hydrogen) atoms. The van der Waals surface area contributed by atoms with E-state index < -0.39 is 23.3 Å². The lowest BCUT2D eigenvalue weighted by atomic mass is 10.2. The first kappa shape index (κ1) is 16.6. The van der Waals surface area contributed by atoms with Crippen molar-refractivity contribution in [3.8, 4) is 0 Å². The van der Waals surface area contributed by atoms with Crippen LogP contribution in [0.25, 0.3) is 0 Å². The van der Waals surface area contributed by atoms with E-state index in [4.69, 9.17) is 4.74 Å². The highest BCUT2D eigenvalue weighted by atomic mass is 19.1. The number of nitrogens with zero attached hydrogens (tertiary/aromatic N) is 2. The van der Waals surface area contributed by atoms with Gasteiger partial charge in [-0.3, -0.25) is 5.32 Å². The van der Waals surface area contributed by atoms with Crippen LogP contribution < -0.4 is 10.6 Å². The van der Waals surface area contributed by atoms with Gasteiger partial charge in [-0.2, -0.15) is 0 Å². The van der Waals surface area contributed by atoms with Crippen LogP contribution in [-0.4, -0.2) is 21.9 Å². The molecule has 0 aliphatic rings. The minimum atomic E-state index is -0.747. The van der Waals surface area contributed by atoms with E-state index >= 15 is 0 Å². The maximum Gasteiger partial charge on any atom is 0.413 e. The minimum absolute atomic E-state index is 0.128. The lowest BCUT2D eigenvalue weighted by molar-refractivity contribution is 0.0635. The predicted octanol–water partition coefficient (Wildman–Crippen LogP) is 3.85. The van der Waals surface area contributed by atoms with Gasteiger partial charge in [-0.1, -0.05) is 6.07 Å². The van der Waals surface area contributed by atoms with Gasteiger partial charge in [-0.05, 0) is 45.0 Å². The Bertz CT molecular complexity index is 679. The fourth-order valence-electron chi connectivity index (χ4n) is 1.62. The van der Waals surface area contributed by atoms with Crippen molar-refractivity contribution in [2.24, 2.45) is 0 Å². The van der Waals surface area contributed by atoms with E-state index in [0.717, 1.165) is 12.1 Å². The van der Waals surface area contributed by atoms with Gasteiger partial charge in [-0.15, -0.1) is 10.2 Å². The molecule has 8 heteroatoms. The first-order valence-corrected chi connectivity index (χ1v) is 6.79. The first-order chi connectivity index (χ1) is 10.7. The number of hydrogen-bond acceptors (Lipinski definition) is 5. The summed E-state index contributed by atoms with van der Waals surface area (Å²) in [5.74, 6) is -1.21. The van der Waals surface area contributed by atoms with Gasteiger partial charge in [0.05, 0.1) is 0 Å². The van der Waals surface area contributed by atoms with E-state index in [1.807, 2.05) is 0 Å². The Labute approximate surface area is 131 Å². The van der Waals surface area contributed by atoms with Crippen LogP contribution in [0.2, 0.25) is 0 Å². The third-order valence-corrected chi connectivity index (χ3v) is 2.51. The third-order valence-electron chi connectivity index (χ3n) is 2.51. The average molecular weight is 322 g/mol. The number of anilines is 3. The lowest BCUT2D eigenvalue weighted by Crippen LogP contribution is -2.27. The molecule has 0 unspecified atom stereocenters. The number of ether oxygens (including phenoxy) is 1. The smallest absolute Gasteiger partial charge is 0.413 e. The number of benzene rings is 1. The fraction of sp³-hybridized carbons (Fsp3) is 0.267. The van der Waals surface area contributed by atoms with E-state index in [-0.39, 0.29) is 17.3 Å². The summed E-state index contributed by atoms with van der Waals surface area (Å²) in [4.78, 5) is 11.6. The maximum atomic E-state index is 13.5. The van der Waals surface area contributed by atoms with Crippen LogP contribution in [0.15, 0.2) is 30.3 Å². The molecule has 0 fully saturated rings. The third kappa shape index (κ3) is 4.87. The van der Waals surface area contributed by atoms with Crippen molar-refractivity contribution >= 4 is 23.4 Å². The van der Waals surface area contributed by atoms with E-state index in [1.165, 1.54) is 18.2 Å². The molecule has 1 heterocycles. The number of halogens is 2. The zero-order valence-corrected chi connectivity index (χ0v) is 12.9. The second-order valence-corrected chi connectivity index (χ2v) is 5.65. The molecule has 1 amide bonds. The molecule has 0 saturated carbocycles. The Hall–Kier alpha value is -2.77. The highest BCUT2D eigenvalue weighted by molar-refractivity contribution is 5.83. The number of hydrogen-bond donors (Lipinski definition) is 2. The monoisotopic (exact) mass is 322 g/mol. The second kappa shape index (κ2) is 6.55. The van der Waals surface area contributed by atoms with E-state index in [1.54, 1.807) is 20.8 Å². The molecule has 0 aliphatic heterocycles. The van der Waals surface area contributed by atoms with Gasteiger partial charge >= 0.3 is 6.09 Å². The van der Waals surface area contributed by atoms with Crippen molar-refractivity contribution in [1.82, 2.24) is 10.2 Å². The molecule has 0 saturated heterocycles. The van der Waals surface area contributed by atoms with Gasteiger partial charge in [0.1, 0.15) is 22.9 Å². The summed E-state index contributed by atoms with van der Waals surface area (Å²) in [5, 5.41) is 12.4. The Balaban J connectivity index is 2.04. The van der Waals surface area contributed by atoms with E-state index in [9.17, 15) is 13.6 Å². The number of para-hydroxylation sites is 1. The lowest BCUT2D eigenvalue weighted by Gasteiger charge is -2.19. The highest BCUT2D eigenvalue weighted by Gasteiger charge is 2.16. The van der Waals surface area contributed by atoms with Gasteiger partial charge in [-0.25, -0.2) is 13.6 Å². The van der Waals surface area contributed by atoms with E-state index in [0.29, 0.717) is 0 Å². The Morgan fingerprint density at radius 3 is 2.13 bits per heavy atom. The summed E-state index contributed by atoms with van der Waals surface area (Å²) in [5.41, 5.74) is -0.962. The van der Waals surface area contributed by atoms with Crippen LogP contribution >= 0.6 is 0 Å². The van der Waals surface area contributed by atoms with Crippen LogP contribution in [0.4, 0.5) is 30.9 Å². The summed E-state index contributed by atoms with van der Waals surface area (Å²) in [6.07, 6.45) is -0.673. The molecular formula is C15H16F2N4O2. The van der Waals surface area contributed by atoms with Crippen molar-refractivity contribution in [2.45, 2.75) is 26.4 Å². The summed E-state index contributed by atoms with van der Waals surface area (Å²) >= 11 is 0. The highest BCUT2D eigenvalue weighted by Crippen LogP contribution is 2.22. The molecule has 0 bridgehead atoms. The number of nitrogens with one attached hydrogen (secondary N) is 2. The van der Waals surface area contributed by atoms with Crippen LogP contribution in [0, 0.1) is 11.6 Å². The van der Waals surface area contributed by atoms with Crippen molar-refractivity contribution in [1.29, 1.82) is 0 Å². The van der Waals surface area contributed by atoms with Gasteiger partial charge in [0.15, 0.2) is 11.6 Å². The van der Waals surface area contributed by atoms with Crippen molar-refractivity contribution < 1.29 is 18.3 Å². The standard InChI is InChI=1S/C15H16F2N4O2/c1-15(2,3)23-14(22)19-12-8-7-11(20-21-12)18-13-9(16)5-4-6-10(13)17/h4-8H,1-3H3,(H,18,20)(H,19,21,22). The maximum absolute atomic E-state index is 13.5. The predicted molar refractivity (Wildman–Crippen MR) is 81.5 cm³/mol. The molecule has 1 aromatic carbocycles. The molecule has 0 radical (unpaired) electrons. The number of aromatic nitrogens is 2. The molecule has 0 spiro atoms. The first-order valence-electron chi connectivity index (χ1n) is 6.79. The molecule has 0 aliphatic carbocycles. The van der Waals surface area contributed by atoms with E-state index in [2.05, 4.69) is 20.8 Å². The molecular weight excluding hydrogens is 306 g/mol. The van der Waals surface area contributed by atoms with Crippen LogP contribution in [0.5, 0.6) is 0 Å². The number of amides is 1. The van der Waals surface area contributed by atoms with Crippen LogP contribution in [-0.2, 0) is 4.74 Å². The average Bonchev–Trinajstić information content (AvgIpc) is 2.43. The largest absolute Gasteiger partial charge is 0.444 e. The zero-order valence-electron chi connectivity index (χ0n) is 12.9. The van der Waals surface area contributed by atoms with Gasteiger partial charge in [0.2, 0.25) is 0 Å². The summed E-state index contributed by atoms with van der Waals surface area (Å²) in [6.45, 7) is 5.19. The van der Waals surface area contributed by atoms with Crippen molar-refractivity contribution in [2.75, 3.05) is 10.6 Å². The van der Waals surface area contributed by atoms with Crippen molar-refractivity contribution in [3.05, 3.63) is 42.0 Å². The van der Waals surface area contributed by atoms with Gasteiger partial charge in [0.25, 0.3) is 0 Å².